The molecule has 0 unspecified atom stereocenters. The number of benzene rings is 2. The lowest BCUT2D eigenvalue weighted by atomic mass is 10.1. The smallest absolute Gasteiger partial charge is 0.261 e. The Morgan fingerprint density at radius 3 is 2.77 bits per heavy atom. The van der Waals surface area contributed by atoms with Crippen LogP contribution in [0.5, 0.6) is 5.75 Å². The maximum atomic E-state index is 12.4. The van der Waals surface area contributed by atoms with E-state index in [1.165, 1.54) is 5.56 Å². The molecule has 0 aliphatic carbocycles. The first-order valence-corrected chi connectivity index (χ1v) is 10.4. The summed E-state index contributed by atoms with van der Waals surface area (Å²) >= 11 is 7.76. The molecule has 0 heterocycles. The summed E-state index contributed by atoms with van der Waals surface area (Å²) in [6, 6.07) is 13.9. The number of hydrogen-bond acceptors (Lipinski definition) is 3. The molecular formula is C21H26ClNO2S. The second kappa shape index (κ2) is 10.5. The Kier molecular flexibility index (Phi) is 8.33. The molecule has 5 heteroatoms. The van der Waals surface area contributed by atoms with Crippen molar-refractivity contribution in [1.29, 1.82) is 0 Å². The molecule has 1 N–H and O–H groups in total. The minimum Gasteiger partial charge on any atom is -0.480 e. The first-order chi connectivity index (χ1) is 12.5. The molecule has 2 aromatic rings. The van der Waals surface area contributed by atoms with E-state index in [0.29, 0.717) is 13.0 Å². The summed E-state index contributed by atoms with van der Waals surface area (Å²) in [5, 5.41) is 3.73. The van der Waals surface area contributed by atoms with E-state index in [1.807, 2.05) is 57.2 Å². The Labute approximate surface area is 165 Å². The molecule has 2 rings (SSSR count). The van der Waals surface area contributed by atoms with E-state index < -0.39 is 6.10 Å². The Morgan fingerprint density at radius 1 is 1.23 bits per heavy atom. The number of amides is 1. The lowest BCUT2D eigenvalue weighted by molar-refractivity contribution is -0.128. The van der Waals surface area contributed by atoms with E-state index in [4.69, 9.17) is 16.3 Å². The number of halogens is 1. The quantitative estimate of drug-likeness (QED) is 0.599. The van der Waals surface area contributed by atoms with Crippen molar-refractivity contribution in [3.8, 4) is 5.75 Å². The van der Waals surface area contributed by atoms with Gasteiger partial charge in [-0.3, -0.25) is 4.79 Å². The van der Waals surface area contributed by atoms with Crippen molar-refractivity contribution >= 4 is 29.3 Å². The molecule has 0 radical (unpaired) electrons. The molecule has 1 amide bonds. The van der Waals surface area contributed by atoms with Crippen molar-refractivity contribution in [2.24, 2.45) is 0 Å². The maximum Gasteiger partial charge on any atom is 0.261 e. The number of ether oxygens (including phenoxy) is 1. The molecule has 0 aromatic heterocycles. The van der Waals surface area contributed by atoms with Crippen LogP contribution < -0.4 is 10.1 Å². The number of carbonyl (C=O) groups is 1. The first kappa shape index (κ1) is 20.7. The Bertz CT molecular complexity index is 736. The Hall–Kier alpha value is -1.65. The molecule has 0 saturated carbocycles. The van der Waals surface area contributed by atoms with Crippen LogP contribution in [0.3, 0.4) is 0 Å². The average Bonchev–Trinajstić information content (AvgIpc) is 2.62. The van der Waals surface area contributed by atoms with E-state index in [-0.39, 0.29) is 5.91 Å². The van der Waals surface area contributed by atoms with Crippen molar-refractivity contribution in [3.63, 3.8) is 0 Å². The molecule has 140 valence electrons. The molecule has 26 heavy (non-hydrogen) atoms. The third-order valence-corrected chi connectivity index (χ3v) is 5.24. The lowest BCUT2D eigenvalue weighted by Crippen LogP contribution is -2.39. The fourth-order valence-electron chi connectivity index (χ4n) is 2.49. The highest BCUT2D eigenvalue weighted by molar-refractivity contribution is 7.98. The third kappa shape index (κ3) is 6.58. The molecule has 3 nitrogen and oxygen atoms in total. The van der Waals surface area contributed by atoms with E-state index in [2.05, 4.69) is 11.4 Å². The van der Waals surface area contributed by atoms with Crippen LogP contribution in [0, 0.1) is 13.8 Å². The van der Waals surface area contributed by atoms with Gasteiger partial charge in [-0.2, -0.15) is 11.8 Å². The van der Waals surface area contributed by atoms with Gasteiger partial charge >= 0.3 is 0 Å². The number of carbonyl (C=O) groups excluding carboxylic acids is 1. The summed E-state index contributed by atoms with van der Waals surface area (Å²) in [5.74, 6) is 2.45. The highest BCUT2D eigenvalue weighted by atomic mass is 35.5. The topological polar surface area (TPSA) is 38.3 Å². The minimum atomic E-state index is -0.464. The fraction of sp³-hybridized carbons (Fsp3) is 0.381. The summed E-state index contributed by atoms with van der Waals surface area (Å²) in [6.45, 7) is 6.59. The van der Waals surface area contributed by atoms with E-state index in [9.17, 15) is 4.79 Å². The fourth-order valence-corrected chi connectivity index (χ4v) is 3.51. The number of hydrogen-bond donors (Lipinski definition) is 1. The van der Waals surface area contributed by atoms with Gasteiger partial charge in [-0.25, -0.2) is 0 Å². The van der Waals surface area contributed by atoms with Crippen LogP contribution in [-0.4, -0.2) is 24.3 Å². The van der Waals surface area contributed by atoms with Gasteiger partial charge in [-0.1, -0.05) is 42.8 Å². The number of nitrogens with one attached hydrogen (secondary N) is 1. The molecule has 0 bridgehead atoms. The molecule has 0 spiro atoms. The van der Waals surface area contributed by atoms with Gasteiger partial charge in [-0.05, 0) is 55.2 Å². The number of rotatable bonds is 9. The number of aryl methyl sites for hydroxylation is 2. The van der Waals surface area contributed by atoms with E-state index in [0.717, 1.165) is 33.4 Å². The van der Waals surface area contributed by atoms with Crippen molar-refractivity contribution in [2.75, 3.05) is 12.3 Å². The summed E-state index contributed by atoms with van der Waals surface area (Å²) in [5.41, 5.74) is 3.36. The predicted octanol–water partition coefficient (Wildman–Crippen LogP) is 5.16. The first-order valence-electron chi connectivity index (χ1n) is 8.83. The van der Waals surface area contributed by atoms with Gasteiger partial charge < -0.3 is 10.1 Å². The second-order valence-electron chi connectivity index (χ2n) is 6.26. The highest BCUT2D eigenvalue weighted by Gasteiger charge is 2.18. The van der Waals surface area contributed by atoms with Crippen molar-refractivity contribution in [2.45, 2.75) is 39.0 Å². The van der Waals surface area contributed by atoms with Gasteiger partial charge in [-0.15, -0.1) is 0 Å². The Balaban J connectivity index is 1.75. The number of thioether (sulfide) groups is 1. The maximum absolute atomic E-state index is 12.4. The normalized spacial score (nSPS) is 11.8. The van der Waals surface area contributed by atoms with Crippen LogP contribution in [0.15, 0.2) is 42.5 Å². The van der Waals surface area contributed by atoms with E-state index in [1.54, 1.807) is 11.8 Å². The zero-order valence-electron chi connectivity index (χ0n) is 15.5. The van der Waals surface area contributed by atoms with Crippen LogP contribution in [-0.2, 0) is 10.5 Å². The summed E-state index contributed by atoms with van der Waals surface area (Å²) < 4.78 is 5.94. The highest BCUT2D eigenvalue weighted by Crippen LogP contribution is 2.21. The average molecular weight is 392 g/mol. The van der Waals surface area contributed by atoms with Gasteiger partial charge in [0.1, 0.15) is 5.75 Å². The van der Waals surface area contributed by atoms with Crippen LogP contribution in [0.1, 0.15) is 30.0 Å². The van der Waals surface area contributed by atoms with Crippen molar-refractivity contribution in [1.82, 2.24) is 5.32 Å². The largest absolute Gasteiger partial charge is 0.480 e. The zero-order valence-corrected chi connectivity index (χ0v) is 17.1. The summed E-state index contributed by atoms with van der Waals surface area (Å²) in [7, 11) is 0. The van der Waals surface area contributed by atoms with Gasteiger partial charge in [0.25, 0.3) is 5.91 Å². The Morgan fingerprint density at radius 2 is 2.04 bits per heavy atom. The second-order valence-corrected chi connectivity index (χ2v) is 7.80. The van der Waals surface area contributed by atoms with E-state index >= 15 is 0 Å². The monoisotopic (exact) mass is 391 g/mol. The van der Waals surface area contributed by atoms with Gasteiger partial charge in [0.05, 0.1) is 0 Å². The van der Waals surface area contributed by atoms with Crippen LogP contribution in [0.2, 0.25) is 5.02 Å². The molecule has 2 aromatic carbocycles. The van der Waals surface area contributed by atoms with Gasteiger partial charge in [0.2, 0.25) is 0 Å². The molecule has 0 saturated heterocycles. The summed E-state index contributed by atoms with van der Waals surface area (Å²) in [4.78, 5) is 12.4. The molecule has 0 fully saturated rings. The predicted molar refractivity (Wildman–Crippen MR) is 111 cm³/mol. The lowest BCUT2D eigenvalue weighted by Gasteiger charge is -2.19. The molecule has 1 atom stereocenters. The molecule has 0 aliphatic rings. The van der Waals surface area contributed by atoms with Crippen LogP contribution in [0.25, 0.3) is 0 Å². The molecular weight excluding hydrogens is 366 g/mol. The third-order valence-electron chi connectivity index (χ3n) is 3.98. The van der Waals surface area contributed by atoms with Gasteiger partial charge in [0.15, 0.2) is 6.10 Å². The minimum absolute atomic E-state index is 0.0586. The van der Waals surface area contributed by atoms with Gasteiger partial charge in [0, 0.05) is 23.1 Å². The van der Waals surface area contributed by atoms with Crippen molar-refractivity contribution < 1.29 is 9.53 Å². The van der Waals surface area contributed by atoms with Crippen molar-refractivity contribution in [3.05, 3.63) is 64.2 Å². The zero-order chi connectivity index (χ0) is 18.9. The molecule has 0 aliphatic heterocycles. The SMILES string of the molecule is CC[C@@H](Oc1cc(C)ccc1C)C(=O)NCCSCc1cccc(Cl)c1. The summed E-state index contributed by atoms with van der Waals surface area (Å²) in [6.07, 6.45) is 0.169. The van der Waals surface area contributed by atoms with Crippen LogP contribution in [0.4, 0.5) is 0 Å². The standard InChI is InChI=1S/C21H26ClNO2S/c1-4-19(25-20-12-15(2)8-9-16(20)3)21(24)23-10-11-26-14-17-6-5-7-18(22)13-17/h5-9,12-13,19H,4,10-11,14H2,1-3H3,(H,23,24)/t19-/m1/s1. The van der Waals surface area contributed by atoms with Crippen LogP contribution >= 0.6 is 23.4 Å².